The molecule has 0 atom stereocenters. The predicted molar refractivity (Wildman–Crippen MR) is 73.1 cm³/mol. The van der Waals surface area contributed by atoms with Crippen molar-refractivity contribution in [2.24, 2.45) is 5.41 Å². The smallest absolute Gasteiger partial charge is 0.211 e. The highest BCUT2D eigenvalue weighted by Gasteiger charge is 2.25. The molecule has 0 unspecified atom stereocenters. The molecule has 0 amide bonds. The highest BCUT2D eigenvalue weighted by atomic mass is 31.2. The fourth-order valence-electron chi connectivity index (χ4n) is 1.49. The van der Waals surface area contributed by atoms with Gasteiger partial charge in [0.05, 0.1) is 0 Å². The van der Waals surface area contributed by atoms with E-state index >= 15 is 0 Å². The number of rotatable bonds is 6. The van der Waals surface area contributed by atoms with Crippen LogP contribution in [0.2, 0.25) is 0 Å². The van der Waals surface area contributed by atoms with Gasteiger partial charge in [-0.15, -0.1) is 0 Å². The molecule has 98 valence electrons. The van der Waals surface area contributed by atoms with E-state index in [1.807, 2.05) is 27.7 Å². The SMILES string of the molecule is CC(C)NP(=O)(CCC(C)(C)C)NC(C)C. The molecule has 0 saturated heterocycles. The number of nitrogens with one attached hydrogen (secondary N) is 2. The maximum Gasteiger partial charge on any atom is 0.211 e. The molecule has 0 heterocycles. The van der Waals surface area contributed by atoms with Crippen LogP contribution < -0.4 is 10.2 Å². The van der Waals surface area contributed by atoms with Crippen molar-refractivity contribution in [3.05, 3.63) is 0 Å². The molecule has 0 radical (unpaired) electrons. The molecule has 3 nitrogen and oxygen atoms in total. The molecule has 0 rings (SSSR count). The van der Waals surface area contributed by atoms with Crippen molar-refractivity contribution in [3.63, 3.8) is 0 Å². The average Bonchev–Trinajstić information content (AvgIpc) is 1.96. The first-order valence-corrected chi connectivity index (χ1v) is 8.08. The molecule has 0 aliphatic rings. The second-order valence-electron chi connectivity index (χ2n) is 6.34. The van der Waals surface area contributed by atoms with Gasteiger partial charge < -0.3 is 0 Å². The Labute approximate surface area is 101 Å². The fraction of sp³-hybridized carbons (Fsp3) is 1.00. The molecule has 0 aromatic heterocycles. The first-order chi connectivity index (χ1) is 7.04. The van der Waals surface area contributed by atoms with Crippen LogP contribution in [0.25, 0.3) is 0 Å². The van der Waals surface area contributed by atoms with Crippen LogP contribution in [0.1, 0.15) is 54.9 Å². The third-order valence-electron chi connectivity index (χ3n) is 2.11. The zero-order valence-electron chi connectivity index (χ0n) is 11.9. The summed E-state index contributed by atoms with van der Waals surface area (Å²) in [7, 11) is -2.43. The molecule has 4 heteroatoms. The lowest BCUT2D eigenvalue weighted by Crippen LogP contribution is -2.33. The largest absolute Gasteiger partial charge is 0.289 e. The fourth-order valence-corrected chi connectivity index (χ4v) is 4.48. The number of hydrogen-bond acceptors (Lipinski definition) is 1. The summed E-state index contributed by atoms with van der Waals surface area (Å²) in [4.78, 5) is 0. The van der Waals surface area contributed by atoms with E-state index in [2.05, 4.69) is 30.9 Å². The van der Waals surface area contributed by atoms with E-state index in [1.54, 1.807) is 0 Å². The van der Waals surface area contributed by atoms with Crippen molar-refractivity contribution in [2.45, 2.75) is 67.0 Å². The topological polar surface area (TPSA) is 41.1 Å². The molecule has 0 fully saturated rings. The lowest BCUT2D eigenvalue weighted by Gasteiger charge is -2.28. The molecular formula is C12H29N2OP. The van der Waals surface area contributed by atoms with Gasteiger partial charge in [-0.3, -0.25) is 14.7 Å². The van der Waals surface area contributed by atoms with Gasteiger partial charge in [-0.1, -0.05) is 20.8 Å². The third kappa shape index (κ3) is 8.32. The first kappa shape index (κ1) is 16.1. The van der Waals surface area contributed by atoms with Crippen LogP contribution in [0.15, 0.2) is 0 Å². The van der Waals surface area contributed by atoms with Crippen molar-refractivity contribution >= 4 is 7.44 Å². The van der Waals surface area contributed by atoms with Crippen molar-refractivity contribution < 1.29 is 4.57 Å². The third-order valence-corrected chi connectivity index (χ3v) is 4.83. The van der Waals surface area contributed by atoms with Crippen molar-refractivity contribution in [3.8, 4) is 0 Å². The zero-order valence-corrected chi connectivity index (χ0v) is 12.8. The van der Waals surface area contributed by atoms with Crippen LogP contribution >= 0.6 is 7.44 Å². The lowest BCUT2D eigenvalue weighted by atomic mass is 9.94. The van der Waals surface area contributed by atoms with Gasteiger partial charge in [0.25, 0.3) is 0 Å². The zero-order chi connectivity index (χ0) is 13.0. The molecule has 0 aliphatic heterocycles. The molecule has 0 aromatic rings. The normalized spacial score (nSPS) is 13.8. The molecular weight excluding hydrogens is 219 g/mol. The highest BCUT2D eigenvalue weighted by molar-refractivity contribution is 7.59. The average molecular weight is 248 g/mol. The summed E-state index contributed by atoms with van der Waals surface area (Å²) in [5.41, 5.74) is 0.229. The monoisotopic (exact) mass is 248 g/mol. The quantitative estimate of drug-likeness (QED) is 0.705. The Morgan fingerprint density at radius 1 is 1.00 bits per heavy atom. The van der Waals surface area contributed by atoms with Gasteiger partial charge in [-0.2, -0.15) is 0 Å². The van der Waals surface area contributed by atoms with Gasteiger partial charge in [0.15, 0.2) is 0 Å². The highest BCUT2D eigenvalue weighted by Crippen LogP contribution is 2.40. The molecule has 16 heavy (non-hydrogen) atoms. The van der Waals surface area contributed by atoms with Gasteiger partial charge in [0, 0.05) is 18.2 Å². The summed E-state index contributed by atoms with van der Waals surface area (Å²) in [5, 5.41) is 6.41. The Morgan fingerprint density at radius 2 is 1.38 bits per heavy atom. The van der Waals surface area contributed by atoms with E-state index in [1.165, 1.54) is 0 Å². The van der Waals surface area contributed by atoms with E-state index in [0.29, 0.717) is 6.16 Å². The predicted octanol–water partition coefficient (Wildman–Crippen LogP) is 3.61. The van der Waals surface area contributed by atoms with Crippen molar-refractivity contribution in [1.29, 1.82) is 0 Å². The van der Waals surface area contributed by atoms with E-state index in [-0.39, 0.29) is 17.5 Å². The Kier molecular flexibility index (Phi) is 6.24. The first-order valence-electron chi connectivity index (χ1n) is 6.19. The Morgan fingerprint density at radius 3 is 1.62 bits per heavy atom. The van der Waals surface area contributed by atoms with E-state index in [9.17, 15) is 4.57 Å². The minimum atomic E-state index is -2.43. The maximum absolute atomic E-state index is 12.7. The van der Waals surface area contributed by atoms with Gasteiger partial charge in [-0.25, -0.2) is 0 Å². The summed E-state index contributed by atoms with van der Waals surface area (Å²) in [6.07, 6.45) is 1.68. The summed E-state index contributed by atoms with van der Waals surface area (Å²) in [5.74, 6) is 0. The van der Waals surface area contributed by atoms with Gasteiger partial charge >= 0.3 is 0 Å². The number of hydrogen-bond donors (Lipinski definition) is 2. The van der Waals surface area contributed by atoms with E-state index < -0.39 is 7.44 Å². The molecule has 0 saturated carbocycles. The molecule has 0 aliphatic carbocycles. The van der Waals surface area contributed by atoms with E-state index in [4.69, 9.17) is 0 Å². The molecule has 0 bridgehead atoms. The minimum absolute atomic E-state index is 0.229. The van der Waals surface area contributed by atoms with E-state index in [0.717, 1.165) is 6.42 Å². The lowest BCUT2D eigenvalue weighted by molar-refractivity contribution is 0.394. The van der Waals surface area contributed by atoms with Crippen molar-refractivity contribution in [1.82, 2.24) is 10.2 Å². The molecule has 2 N–H and O–H groups in total. The molecule has 0 aromatic carbocycles. The summed E-state index contributed by atoms with van der Waals surface area (Å²) in [6, 6.07) is 0.495. The standard InChI is InChI=1S/C12H29N2OP/c1-10(2)13-16(15,14-11(3)4)9-8-12(5,6)7/h10-11H,8-9H2,1-7H3,(H2,13,14,15). The summed E-state index contributed by atoms with van der Waals surface area (Å²) < 4.78 is 12.7. The summed E-state index contributed by atoms with van der Waals surface area (Å²) >= 11 is 0. The second kappa shape index (κ2) is 6.18. The Hall–Kier alpha value is 0.150. The van der Waals surface area contributed by atoms with Crippen LogP contribution in [-0.4, -0.2) is 18.2 Å². The Balaban J connectivity index is 4.48. The Bertz CT molecular complexity index is 230. The van der Waals surface area contributed by atoms with Gasteiger partial charge in [0.1, 0.15) is 0 Å². The van der Waals surface area contributed by atoms with Crippen LogP contribution in [-0.2, 0) is 4.57 Å². The van der Waals surface area contributed by atoms with Crippen LogP contribution in [0.5, 0.6) is 0 Å². The second-order valence-corrected chi connectivity index (χ2v) is 8.78. The van der Waals surface area contributed by atoms with Gasteiger partial charge in [-0.05, 0) is 39.5 Å². The minimum Gasteiger partial charge on any atom is -0.289 e. The maximum atomic E-state index is 12.7. The van der Waals surface area contributed by atoms with Gasteiger partial charge in [0.2, 0.25) is 7.44 Å². The van der Waals surface area contributed by atoms with Crippen LogP contribution in [0.4, 0.5) is 0 Å². The van der Waals surface area contributed by atoms with Crippen molar-refractivity contribution in [2.75, 3.05) is 6.16 Å². The summed E-state index contributed by atoms with van der Waals surface area (Å²) in [6.45, 7) is 14.7. The van der Waals surface area contributed by atoms with Crippen LogP contribution in [0.3, 0.4) is 0 Å². The van der Waals surface area contributed by atoms with Crippen LogP contribution in [0, 0.1) is 5.41 Å². The molecule has 0 spiro atoms.